The molecule has 2 aromatic rings. The Kier molecular flexibility index (Phi) is 6.77. The minimum absolute atomic E-state index is 0.0563. The van der Waals surface area contributed by atoms with Crippen molar-refractivity contribution in [2.75, 3.05) is 12.5 Å². The third-order valence-electron chi connectivity index (χ3n) is 3.98. The summed E-state index contributed by atoms with van der Waals surface area (Å²) < 4.78 is 48.5. The molecule has 0 aromatic heterocycles. The summed E-state index contributed by atoms with van der Waals surface area (Å²) in [4.78, 5) is 12.0. The van der Waals surface area contributed by atoms with E-state index < -0.39 is 31.8 Å². The zero-order valence-electron chi connectivity index (χ0n) is 15.9. The molecule has 0 saturated heterocycles. The number of sulfonamides is 1. The summed E-state index contributed by atoms with van der Waals surface area (Å²) in [6.07, 6.45) is 3.40. The van der Waals surface area contributed by atoms with E-state index >= 15 is 0 Å². The zero-order valence-corrected chi connectivity index (χ0v) is 17.5. The van der Waals surface area contributed by atoms with Crippen molar-refractivity contribution >= 4 is 32.0 Å². The van der Waals surface area contributed by atoms with Crippen LogP contribution in [0.1, 0.15) is 11.1 Å². The van der Waals surface area contributed by atoms with Crippen molar-refractivity contribution in [1.82, 2.24) is 4.72 Å². The minimum Gasteiger partial charge on any atom is -0.323 e. The lowest BCUT2D eigenvalue weighted by Crippen LogP contribution is -2.44. The van der Waals surface area contributed by atoms with Crippen LogP contribution in [0.25, 0.3) is 11.1 Å². The molecule has 0 aliphatic carbocycles. The molecule has 0 spiro atoms. The maximum Gasteiger partial charge on any atom is 0.250 e. The van der Waals surface area contributed by atoms with E-state index in [9.17, 15) is 21.6 Å². The second-order valence-corrected chi connectivity index (χ2v) is 10.2. The van der Waals surface area contributed by atoms with Gasteiger partial charge in [0.2, 0.25) is 10.0 Å². The highest BCUT2D eigenvalue weighted by molar-refractivity contribution is 7.90. The standard InChI is InChI=1S/C18H22N4O5S2/c1-28(24,25)17-6-4-3-5-15(17)14-8-7-12(9-13(14)11-21-20)10-16(19)18(23)22-29(2,26)27/h3-9,11,16H,10,19-20H2,1-2H3,(H,22,23)/t16-/m0/s1. The van der Waals surface area contributed by atoms with Gasteiger partial charge in [-0.1, -0.05) is 30.3 Å². The number of rotatable bonds is 7. The predicted molar refractivity (Wildman–Crippen MR) is 111 cm³/mol. The van der Waals surface area contributed by atoms with Gasteiger partial charge in [0.15, 0.2) is 9.84 Å². The van der Waals surface area contributed by atoms with Gasteiger partial charge in [0, 0.05) is 17.4 Å². The molecule has 1 amide bonds. The summed E-state index contributed by atoms with van der Waals surface area (Å²) in [6.45, 7) is 0. The van der Waals surface area contributed by atoms with Crippen molar-refractivity contribution in [2.24, 2.45) is 16.7 Å². The predicted octanol–water partition coefficient (Wildman–Crippen LogP) is -0.00470. The number of hydrogen-bond acceptors (Lipinski definition) is 8. The maximum absolute atomic E-state index is 12.1. The monoisotopic (exact) mass is 438 g/mol. The summed E-state index contributed by atoms with van der Waals surface area (Å²) in [5.74, 6) is 4.47. The van der Waals surface area contributed by atoms with E-state index in [1.165, 1.54) is 12.3 Å². The van der Waals surface area contributed by atoms with E-state index in [0.717, 1.165) is 12.5 Å². The number of carbonyl (C=O) groups excluding carboxylic acids is 1. The number of nitrogens with one attached hydrogen (secondary N) is 1. The van der Waals surface area contributed by atoms with Crippen LogP contribution in [0.2, 0.25) is 0 Å². The number of nitrogens with two attached hydrogens (primary N) is 2. The van der Waals surface area contributed by atoms with Crippen LogP contribution in [0.5, 0.6) is 0 Å². The average molecular weight is 439 g/mol. The second kappa shape index (κ2) is 8.72. The summed E-state index contributed by atoms with van der Waals surface area (Å²) in [6, 6.07) is 10.4. The average Bonchev–Trinajstić information content (AvgIpc) is 2.60. The van der Waals surface area contributed by atoms with Crippen LogP contribution in [-0.4, -0.2) is 47.5 Å². The van der Waals surface area contributed by atoms with Gasteiger partial charge in [-0.15, -0.1) is 0 Å². The van der Waals surface area contributed by atoms with Gasteiger partial charge in [0.05, 0.1) is 23.4 Å². The zero-order chi connectivity index (χ0) is 21.8. The van der Waals surface area contributed by atoms with Crippen molar-refractivity contribution in [1.29, 1.82) is 0 Å². The van der Waals surface area contributed by atoms with Crippen molar-refractivity contribution < 1.29 is 21.6 Å². The van der Waals surface area contributed by atoms with E-state index in [1.807, 2.05) is 4.72 Å². The van der Waals surface area contributed by atoms with E-state index in [2.05, 4.69) is 5.10 Å². The number of hydrazone groups is 1. The highest BCUT2D eigenvalue weighted by Crippen LogP contribution is 2.30. The maximum atomic E-state index is 12.1. The van der Waals surface area contributed by atoms with E-state index in [-0.39, 0.29) is 11.3 Å². The lowest BCUT2D eigenvalue weighted by molar-refractivity contribution is -0.120. The molecule has 0 heterocycles. The largest absolute Gasteiger partial charge is 0.323 e. The Hall–Kier alpha value is -2.76. The Morgan fingerprint density at radius 3 is 2.34 bits per heavy atom. The Balaban J connectivity index is 2.44. The van der Waals surface area contributed by atoms with Crippen molar-refractivity contribution in [3.63, 3.8) is 0 Å². The molecule has 11 heteroatoms. The summed E-state index contributed by atoms with van der Waals surface area (Å²) in [5.41, 5.74) is 8.01. The number of hydrogen-bond donors (Lipinski definition) is 3. The first kappa shape index (κ1) is 22.5. The Labute approximate surface area is 169 Å². The van der Waals surface area contributed by atoms with Crippen LogP contribution in [0.4, 0.5) is 0 Å². The topological polar surface area (TPSA) is 162 Å². The molecule has 5 N–H and O–H groups in total. The molecule has 1 atom stereocenters. The van der Waals surface area contributed by atoms with Crippen LogP contribution in [0.3, 0.4) is 0 Å². The van der Waals surface area contributed by atoms with E-state index in [0.29, 0.717) is 22.3 Å². The van der Waals surface area contributed by atoms with Crippen LogP contribution < -0.4 is 16.3 Å². The Morgan fingerprint density at radius 1 is 1.10 bits per heavy atom. The lowest BCUT2D eigenvalue weighted by Gasteiger charge is -2.14. The van der Waals surface area contributed by atoms with Gasteiger partial charge in [-0.25, -0.2) is 16.8 Å². The van der Waals surface area contributed by atoms with E-state index in [1.54, 1.807) is 36.4 Å². The fraction of sp³-hybridized carbons (Fsp3) is 0.222. The van der Waals surface area contributed by atoms with Gasteiger partial charge in [-0.05, 0) is 29.7 Å². The van der Waals surface area contributed by atoms with Crippen molar-refractivity contribution in [2.45, 2.75) is 17.4 Å². The van der Waals surface area contributed by atoms with Gasteiger partial charge in [0.25, 0.3) is 5.91 Å². The third kappa shape index (κ3) is 6.11. The highest BCUT2D eigenvalue weighted by Gasteiger charge is 2.20. The number of amides is 1. The molecule has 0 fully saturated rings. The normalized spacial score (nSPS) is 13.3. The Morgan fingerprint density at radius 2 is 1.76 bits per heavy atom. The molecular formula is C18H22N4O5S2. The number of nitrogens with zero attached hydrogens (tertiary/aromatic N) is 1. The summed E-state index contributed by atoms with van der Waals surface area (Å²) >= 11 is 0. The summed E-state index contributed by atoms with van der Waals surface area (Å²) in [7, 11) is -7.19. The number of benzene rings is 2. The first-order valence-electron chi connectivity index (χ1n) is 8.35. The van der Waals surface area contributed by atoms with E-state index in [4.69, 9.17) is 11.6 Å². The highest BCUT2D eigenvalue weighted by atomic mass is 32.2. The van der Waals surface area contributed by atoms with Crippen LogP contribution >= 0.6 is 0 Å². The molecule has 0 bridgehead atoms. The second-order valence-electron chi connectivity index (χ2n) is 6.52. The number of sulfone groups is 1. The van der Waals surface area contributed by atoms with Gasteiger partial charge in [-0.3, -0.25) is 9.52 Å². The Bertz CT molecular complexity index is 1160. The molecule has 0 aliphatic rings. The van der Waals surface area contributed by atoms with Crippen LogP contribution in [0, 0.1) is 0 Å². The molecule has 156 valence electrons. The molecule has 0 aliphatic heterocycles. The first-order valence-corrected chi connectivity index (χ1v) is 12.1. The first-order chi connectivity index (χ1) is 13.4. The molecule has 0 unspecified atom stereocenters. The molecule has 2 rings (SSSR count). The summed E-state index contributed by atoms with van der Waals surface area (Å²) in [5, 5.41) is 3.52. The molecular weight excluding hydrogens is 416 g/mol. The fourth-order valence-corrected chi connectivity index (χ4v) is 4.21. The molecule has 2 aromatic carbocycles. The molecule has 29 heavy (non-hydrogen) atoms. The fourth-order valence-electron chi connectivity index (χ4n) is 2.79. The minimum atomic E-state index is -3.71. The smallest absolute Gasteiger partial charge is 0.250 e. The van der Waals surface area contributed by atoms with Gasteiger partial charge in [-0.2, -0.15) is 5.10 Å². The molecule has 0 saturated carbocycles. The third-order valence-corrected chi connectivity index (χ3v) is 5.71. The number of carbonyl (C=O) groups is 1. The lowest BCUT2D eigenvalue weighted by atomic mass is 9.95. The van der Waals surface area contributed by atoms with Crippen LogP contribution in [-0.2, 0) is 31.1 Å². The van der Waals surface area contributed by atoms with Crippen molar-refractivity contribution in [3.05, 3.63) is 53.6 Å². The molecule has 0 radical (unpaired) electrons. The van der Waals surface area contributed by atoms with Crippen molar-refractivity contribution in [3.8, 4) is 11.1 Å². The quantitative estimate of drug-likeness (QED) is 0.311. The SMILES string of the molecule is CS(=O)(=O)NC(=O)[C@@H](N)Cc1ccc(-c2ccccc2S(C)(=O)=O)c(C=NN)c1. The van der Waals surface area contributed by atoms with Gasteiger partial charge in [0.1, 0.15) is 0 Å². The molecule has 9 nitrogen and oxygen atoms in total. The van der Waals surface area contributed by atoms with Gasteiger partial charge < -0.3 is 11.6 Å². The van der Waals surface area contributed by atoms with Crippen LogP contribution in [0.15, 0.2) is 52.5 Å². The van der Waals surface area contributed by atoms with Gasteiger partial charge >= 0.3 is 0 Å².